The van der Waals surface area contributed by atoms with Gasteiger partial charge in [-0.25, -0.2) is 0 Å². The van der Waals surface area contributed by atoms with Crippen molar-refractivity contribution in [1.29, 1.82) is 0 Å². The van der Waals surface area contributed by atoms with Crippen LogP contribution in [0.5, 0.6) is 5.75 Å². The highest BCUT2D eigenvalue weighted by molar-refractivity contribution is 6.22. The van der Waals surface area contributed by atoms with E-state index in [2.05, 4.69) is 4.74 Å². The van der Waals surface area contributed by atoms with Gasteiger partial charge < -0.3 is 9.64 Å². The maximum atomic E-state index is 13.4. The van der Waals surface area contributed by atoms with Crippen molar-refractivity contribution >= 4 is 23.4 Å². The van der Waals surface area contributed by atoms with Gasteiger partial charge in [-0.2, -0.15) is 8.78 Å². The van der Waals surface area contributed by atoms with Crippen LogP contribution in [0.4, 0.5) is 14.5 Å². The summed E-state index contributed by atoms with van der Waals surface area (Å²) in [6.07, 6.45) is 6.00. The first-order valence-corrected chi connectivity index (χ1v) is 11.4. The van der Waals surface area contributed by atoms with E-state index in [0.29, 0.717) is 30.6 Å². The normalized spacial score (nSPS) is 18.5. The number of carbonyl (C=O) groups excluding carboxylic acids is 3. The van der Waals surface area contributed by atoms with Crippen LogP contribution in [0.15, 0.2) is 36.4 Å². The molecule has 1 fully saturated rings. The van der Waals surface area contributed by atoms with Crippen LogP contribution in [0, 0.1) is 0 Å². The summed E-state index contributed by atoms with van der Waals surface area (Å²) in [6.45, 7) is -2.67. The predicted octanol–water partition coefficient (Wildman–Crippen LogP) is 4.81. The van der Waals surface area contributed by atoms with Crippen molar-refractivity contribution in [3.05, 3.63) is 58.7 Å². The lowest BCUT2D eigenvalue weighted by Gasteiger charge is -2.31. The summed E-state index contributed by atoms with van der Waals surface area (Å²) >= 11 is 0. The number of fused-ring (bicyclic) bond motifs is 2. The fourth-order valence-electron chi connectivity index (χ4n) is 5.23. The Morgan fingerprint density at radius 2 is 1.73 bits per heavy atom. The van der Waals surface area contributed by atoms with Crippen molar-refractivity contribution in [2.75, 3.05) is 11.4 Å². The first kappa shape index (κ1) is 21.6. The third-order valence-corrected chi connectivity index (χ3v) is 6.75. The standard InChI is InChI=1S/C25H24F2N2O4/c26-25(27)33-20-10-4-6-15-7-5-13-28(21(15)20)22(30)16-11-12-18-19(14-16)24(32)29(23(18)31)17-8-2-1-3-9-17/h4,6,10-12,14,17,25H,1-3,5,7-9,13H2. The van der Waals surface area contributed by atoms with Crippen LogP contribution in [0.1, 0.15) is 75.2 Å². The smallest absolute Gasteiger partial charge is 0.387 e. The highest BCUT2D eigenvalue weighted by atomic mass is 19.3. The molecule has 2 aromatic carbocycles. The molecule has 2 aliphatic heterocycles. The van der Waals surface area contributed by atoms with Crippen molar-refractivity contribution in [3.8, 4) is 5.75 Å². The molecule has 2 heterocycles. The summed E-state index contributed by atoms with van der Waals surface area (Å²) in [5, 5.41) is 0. The SMILES string of the molecule is O=C(c1ccc2c(c1)C(=O)N(C1CCCCC1)C2=O)N1CCCc2cccc(OC(F)F)c21. The molecule has 8 heteroatoms. The maximum Gasteiger partial charge on any atom is 0.387 e. The largest absolute Gasteiger partial charge is 0.433 e. The van der Waals surface area contributed by atoms with Gasteiger partial charge in [0.1, 0.15) is 5.75 Å². The molecule has 5 rings (SSSR count). The zero-order chi connectivity index (χ0) is 23.1. The fraction of sp³-hybridized carbons (Fsp3) is 0.400. The van der Waals surface area contributed by atoms with E-state index in [0.717, 1.165) is 37.7 Å². The highest BCUT2D eigenvalue weighted by Crippen LogP contribution is 2.38. The molecule has 1 saturated carbocycles. The molecule has 33 heavy (non-hydrogen) atoms. The number of hydrogen-bond donors (Lipinski definition) is 0. The number of benzene rings is 2. The van der Waals surface area contributed by atoms with Crippen LogP contribution in [-0.2, 0) is 6.42 Å². The minimum Gasteiger partial charge on any atom is -0.433 e. The van der Waals surface area contributed by atoms with E-state index in [9.17, 15) is 23.2 Å². The lowest BCUT2D eigenvalue weighted by molar-refractivity contribution is -0.0496. The van der Waals surface area contributed by atoms with Crippen LogP contribution in [0.25, 0.3) is 0 Å². The van der Waals surface area contributed by atoms with E-state index in [1.807, 2.05) is 0 Å². The number of para-hydroxylation sites is 1. The average molecular weight is 454 g/mol. The summed E-state index contributed by atoms with van der Waals surface area (Å²) in [6, 6.07) is 9.26. The van der Waals surface area contributed by atoms with Crippen LogP contribution in [0.2, 0.25) is 0 Å². The van der Waals surface area contributed by atoms with Gasteiger partial charge in [-0.15, -0.1) is 0 Å². The molecule has 0 N–H and O–H groups in total. The number of amides is 3. The number of ether oxygens (including phenoxy) is 1. The van der Waals surface area contributed by atoms with E-state index in [4.69, 9.17) is 0 Å². The zero-order valence-corrected chi connectivity index (χ0v) is 18.1. The number of nitrogens with zero attached hydrogens (tertiary/aromatic N) is 2. The Morgan fingerprint density at radius 3 is 2.48 bits per heavy atom. The van der Waals surface area contributed by atoms with Crippen molar-refractivity contribution in [2.24, 2.45) is 0 Å². The average Bonchev–Trinajstić information content (AvgIpc) is 3.08. The van der Waals surface area contributed by atoms with Crippen LogP contribution in [0.3, 0.4) is 0 Å². The van der Waals surface area contributed by atoms with Gasteiger partial charge in [0.25, 0.3) is 17.7 Å². The molecule has 0 spiro atoms. The van der Waals surface area contributed by atoms with Crippen molar-refractivity contribution in [1.82, 2.24) is 4.90 Å². The van der Waals surface area contributed by atoms with Gasteiger partial charge in [0.15, 0.2) is 0 Å². The van der Waals surface area contributed by atoms with Crippen molar-refractivity contribution < 1.29 is 27.9 Å². The molecule has 6 nitrogen and oxygen atoms in total. The Kier molecular flexibility index (Phi) is 5.60. The summed E-state index contributed by atoms with van der Waals surface area (Å²) in [5.41, 5.74) is 1.86. The Balaban J connectivity index is 1.47. The molecule has 0 atom stereocenters. The molecule has 2 aromatic rings. The molecule has 0 bridgehead atoms. The highest BCUT2D eigenvalue weighted by Gasteiger charge is 2.41. The van der Waals surface area contributed by atoms with Gasteiger partial charge in [-0.3, -0.25) is 19.3 Å². The van der Waals surface area contributed by atoms with Gasteiger partial charge in [-0.05, 0) is 55.5 Å². The number of anilines is 1. The van der Waals surface area contributed by atoms with Gasteiger partial charge in [-0.1, -0.05) is 31.4 Å². The Hall–Kier alpha value is -3.29. The molecule has 0 saturated heterocycles. The van der Waals surface area contributed by atoms with Crippen molar-refractivity contribution in [3.63, 3.8) is 0 Å². The van der Waals surface area contributed by atoms with Crippen LogP contribution >= 0.6 is 0 Å². The Labute approximate surface area is 190 Å². The number of halogens is 2. The Morgan fingerprint density at radius 1 is 0.970 bits per heavy atom. The van der Waals surface area contributed by atoms with Crippen LogP contribution in [-0.4, -0.2) is 41.8 Å². The molecule has 1 aliphatic carbocycles. The number of alkyl halides is 2. The topological polar surface area (TPSA) is 66.9 Å². The second kappa shape index (κ2) is 8.57. The maximum absolute atomic E-state index is 13.4. The number of rotatable bonds is 4. The molecule has 0 unspecified atom stereocenters. The quantitative estimate of drug-likeness (QED) is 0.622. The zero-order valence-electron chi connectivity index (χ0n) is 18.1. The van der Waals surface area contributed by atoms with Gasteiger partial charge in [0.05, 0.1) is 16.8 Å². The van der Waals surface area contributed by atoms with E-state index in [1.54, 1.807) is 12.1 Å². The summed E-state index contributed by atoms with van der Waals surface area (Å²) < 4.78 is 30.6. The van der Waals surface area contributed by atoms with E-state index in [-0.39, 0.29) is 34.7 Å². The monoisotopic (exact) mass is 454 g/mol. The lowest BCUT2D eigenvalue weighted by Crippen LogP contribution is -2.40. The first-order chi connectivity index (χ1) is 16.0. The number of imide groups is 1. The summed E-state index contributed by atoms with van der Waals surface area (Å²) in [4.78, 5) is 42.3. The third-order valence-electron chi connectivity index (χ3n) is 6.75. The van der Waals surface area contributed by atoms with E-state index >= 15 is 0 Å². The fourth-order valence-corrected chi connectivity index (χ4v) is 5.23. The second-order valence-electron chi connectivity index (χ2n) is 8.74. The van der Waals surface area contributed by atoms with Gasteiger partial charge >= 0.3 is 6.61 Å². The summed E-state index contributed by atoms with van der Waals surface area (Å²) in [7, 11) is 0. The molecular weight excluding hydrogens is 430 g/mol. The molecule has 3 amide bonds. The predicted molar refractivity (Wildman–Crippen MR) is 117 cm³/mol. The number of aryl methyl sites for hydroxylation is 1. The second-order valence-corrected chi connectivity index (χ2v) is 8.74. The Bertz CT molecular complexity index is 1130. The molecular formula is C25H24F2N2O4. The minimum atomic E-state index is -3.01. The van der Waals surface area contributed by atoms with Crippen molar-refractivity contribution in [2.45, 2.75) is 57.6 Å². The van der Waals surface area contributed by atoms with E-state index in [1.165, 1.54) is 34.1 Å². The van der Waals surface area contributed by atoms with E-state index < -0.39 is 12.5 Å². The molecule has 172 valence electrons. The summed E-state index contributed by atoms with van der Waals surface area (Å²) in [5.74, 6) is -1.14. The molecule has 3 aliphatic rings. The number of carbonyl (C=O) groups is 3. The van der Waals surface area contributed by atoms with Crippen LogP contribution < -0.4 is 9.64 Å². The molecule has 0 radical (unpaired) electrons. The van der Waals surface area contributed by atoms with Gasteiger partial charge in [0, 0.05) is 18.2 Å². The number of hydrogen-bond acceptors (Lipinski definition) is 4. The third kappa shape index (κ3) is 3.77. The molecule has 0 aromatic heterocycles. The minimum absolute atomic E-state index is 0.0496. The first-order valence-electron chi connectivity index (χ1n) is 11.4. The van der Waals surface area contributed by atoms with Gasteiger partial charge in [0.2, 0.25) is 0 Å². The lowest BCUT2D eigenvalue weighted by atomic mass is 9.94.